The Balaban J connectivity index is 2.21. The minimum absolute atomic E-state index is 0.141. The maximum absolute atomic E-state index is 11.8. The van der Waals surface area contributed by atoms with Crippen molar-refractivity contribution in [1.82, 2.24) is 10.2 Å². The van der Waals surface area contributed by atoms with Crippen LogP contribution >= 0.6 is 0 Å². The Morgan fingerprint density at radius 3 is 2.95 bits per heavy atom. The molecular formula is C12H13N3O4. The Kier molecular flexibility index (Phi) is 3.65. The van der Waals surface area contributed by atoms with Crippen molar-refractivity contribution in [2.75, 3.05) is 11.9 Å². The lowest BCUT2D eigenvalue weighted by molar-refractivity contribution is 0.0527. The van der Waals surface area contributed by atoms with E-state index >= 15 is 0 Å². The second-order valence-electron chi connectivity index (χ2n) is 3.76. The zero-order valence-corrected chi connectivity index (χ0v) is 10.5. The van der Waals surface area contributed by atoms with Gasteiger partial charge in [0.1, 0.15) is 11.8 Å². The van der Waals surface area contributed by atoms with Crippen LogP contribution in [0.15, 0.2) is 23.0 Å². The number of hydrogen-bond donors (Lipinski definition) is 2. The Morgan fingerprint density at radius 1 is 1.53 bits per heavy atom. The van der Waals surface area contributed by atoms with E-state index < -0.39 is 11.9 Å². The summed E-state index contributed by atoms with van der Waals surface area (Å²) in [5, 5.41) is 9.05. The first-order valence-corrected chi connectivity index (χ1v) is 5.69. The van der Waals surface area contributed by atoms with Crippen molar-refractivity contribution in [1.29, 1.82) is 0 Å². The molecule has 2 N–H and O–H groups in total. The van der Waals surface area contributed by atoms with Gasteiger partial charge < -0.3 is 14.5 Å². The lowest BCUT2D eigenvalue weighted by Crippen LogP contribution is -2.15. The topological polar surface area (TPSA) is 97.2 Å². The maximum atomic E-state index is 11.8. The third-order valence-electron chi connectivity index (χ3n) is 2.44. The van der Waals surface area contributed by atoms with Crippen molar-refractivity contribution in [3.05, 3.63) is 35.4 Å². The van der Waals surface area contributed by atoms with Crippen LogP contribution in [0, 0.1) is 6.92 Å². The van der Waals surface area contributed by atoms with Gasteiger partial charge in [-0.1, -0.05) is 0 Å². The lowest BCUT2D eigenvalue weighted by Gasteiger charge is -2.04. The molecule has 2 heterocycles. The maximum Gasteiger partial charge on any atom is 0.343 e. The highest BCUT2D eigenvalue weighted by molar-refractivity contribution is 6.07. The van der Waals surface area contributed by atoms with Crippen molar-refractivity contribution in [3.63, 3.8) is 0 Å². The molecule has 0 aliphatic heterocycles. The van der Waals surface area contributed by atoms with Gasteiger partial charge >= 0.3 is 5.97 Å². The number of aromatic nitrogens is 2. The van der Waals surface area contributed by atoms with Crippen LogP contribution in [0.25, 0.3) is 0 Å². The van der Waals surface area contributed by atoms with Gasteiger partial charge in [-0.15, -0.1) is 0 Å². The Labute approximate surface area is 108 Å². The number of hydrogen-bond acceptors (Lipinski definition) is 5. The molecule has 100 valence electrons. The van der Waals surface area contributed by atoms with Gasteiger partial charge in [0.15, 0.2) is 5.82 Å². The molecule has 0 radical (unpaired) electrons. The lowest BCUT2D eigenvalue weighted by atomic mass is 10.2. The molecule has 19 heavy (non-hydrogen) atoms. The Bertz CT molecular complexity index is 586. The summed E-state index contributed by atoms with van der Waals surface area (Å²) in [5.74, 6) is -0.802. The second kappa shape index (κ2) is 5.38. The molecule has 0 aromatic carbocycles. The summed E-state index contributed by atoms with van der Waals surface area (Å²) >= 11 is 0. The van der Waals surface area contributed by atoms with E-state index in [1.54, 1.807) is 13.8 Å². The monoisotopic (exact) mass is 263 g/mol. The molecule has 1 amide bonds. The first-order valence-electron chi connectivity index (χ1n) is 5.69. The van der Waals surface area contributed by atoms with Crippen molar-refractivity contribution in [2.24, 2.45) is 0 Å². The number of aryl methyl sites for hydroxylation is 1. The number of aromatic amines is 1. The number of nitrogens with zero attached hydrogens (tertiary/aromatic N) is 1. The summed E-state index contributed by atoms with van der Waals surface area (Å²) in [7, 11) is 0. The molecule has 0 bridgehead atoms. The van der Waals surface area contributed by atoms with Crippen LogP contribution in [0.4, 0.5) is 5.82 Å². The number of esters is 1. The standard InChI is InChI=1S/C12H13N3O4/c1-3-19-12(17)9-7(2)14-15-10(9)13-11(16)8-4-5-18-6-8/h4-6H,3H2,1-2H3,(H2,13,14,15,16). The third kappa shape index (κ3) is 2.65. The fourth-order valence-corrected chi connectivity index (χ4v) is 1.55. The fraction of sp³-hybridized carbons (Fsp3) is 0.250. The summed E-state index contributed by atoms with van der Waals surface area (Å²) in [6, 6.07) is 1.51. The predicted molar refractivity (Wildman–Crippen MR) is 65.9 cm³/mol. The van der Waals surface area contributed by atoms with E-state index in [2.05, 4.69) is 15.5 Å². The number of carbonyl (C=O) groups is 2. The quantitative estimate of drug-likeness (QED) is 0.819. The summed E-state index contributed by atoms with van der Waals surface area (Å²) in [4.78, 5) is 23.6. The van der Waals surface area contributed by atoms with E-state index in [0.29, 0.717) is 11.3 Å². The summed E-state index contributed by atoms with van der Waals surface area (Å²) in [6.45, 7) is 3.63. The zero-order chi connectivity index (χ0) is 13.8. The molecule has 0 atom stereocenters. The molecule has 2 aromatic rings. The van der Waals surface area contributed by atoms with Crippen LogP contribution in [0.1, 0.15) is 33.3 Å². The van der Waals surface area contributed by atoms with Crippen LogP contribution in [0.3, 0.4) is 0 Å². The van der Waals surface area contributed by atoms with E-state index in [9.17, 15) is 9.59 Å². The molecule has 7 heteroatoms. The van der Waals surface area contributed by atoms with E-state index in [1.807, 2.05) is 0 Å². The number of rotatable bonds is 4. The van der Waals surface area contributed by atoms with Gasteiger partial charge in [0.05, 0.1) is 18.4 Å². The number of ether oxygens (including phenoxy) is 1. The highest BCUT2D eigenvalue weighted by Crippen LogP contribution is 2.18. The molecule has 0 aliphatic rings. The largest absolute Gasteiger partial charge is 0.472 e. The SMILES string of the molecule is CCOC(=O)c1c(NC(=O)c2ccoc2)n[nH]c1C. The molecule has 0 saturated heterocycles. The second-order valence-corrected chi connectivity index (χ2v) is 3.76. The van der Waals surface area contributed by atoms with Crippen LogP contribution in [0.5, 0.6) is 0 Å². The molecule has 2 aromatic heterocycles. The van der Waals surface area contributed by atoms with Crippen LogP contribution in [-0.4, -0.2) is 28.7 Å². The van der Waals surface area contributed by atoms with Gasteiger partial charge in [0.2, 0.25) is 0 Å². The molecule has 0 aliphatic carbocycles. The van der Waals surface area contributed by atoms with Crippen molar-refractivity contribution in [3.8, 4) is 0 Å². The molecule has 2 rings (SSSR count). The minimum Gasteiger partial charge on any atom is -0.472 e. The highest BCUT2D eigenvalue weighted by Gasteiger charge is 2.21. The van der Waals surface area contributed by atoms with Crippen LogP contribution < -0.4 is 5.32 Å². The molecule has 0 unspecified atom stereocenters. The molecule has 0 spiro atoms. The van der Waals surface area contributed by atoms with Crippen LogP contribution in [0.2, 0.25) is 0 Å². The fourth-order valence-electron chi connectivity index (χ4n) is 1.55. The summed E-state index contributed by atoms with van der Waals surface area (Å²) < 4.78 is 9.73. The highest BCUT2D eigenvalue weighted by atomic mass is 16.5. The van der Waals surface area contributed by atoms with Crippen molar-refractivity contribution >= 4 is 17.7 Å². The minimum atomic E-state index is -0.531. The number of anilines is 1. The van der Waals surface area contributed by atoms with Crippen molar-refractivity contribution < 1.29 is 18.7 Å². The average molecular weight is 263 g/mol. The van der Waals surface area contributed by atoms with Gasteiger partial charge in [0.25, 0.3) is 5.91 Å². The molecular weight excluding hydrogens is 250 g/mol. The number of furan rings is 1. The summed E-state index contributed by atoms with van der Waals surface area (Å²) in [5.41, 5.74) is 1.09. The number of H-pyrrole nitrogens is 1. The smallest absolute Gasteiger partial charge is 0.343 e. The van der Waals surface area contributed by atoms with Gasteiger partial charge in [-0.25, -0.2) is 4.79 Å². The van der Waals surface area contributed by atoms with Crippen LogP contribution in [-0.2, 0) is 4.74 Å². The van der Waals surface area contributed by atoms with Gasteiger partial charge in [-0.2, -0.15) is 5.10 Å². The Morgan fingerprint density at radius 2 is 2.32 bits per heavy atom. The summed E-state index contributed by atoms with van der Waals surface area (Å²) in [6.07, 6.45) is 2.69. The predicted octanol–water partition coefficient (Wildman–Crippen LogP) is 1.74. The van der Waals surface area contributed by atoms with E-state index in [-0.39, 0.29) is 18.0 Å². The third-order valence-corrected chi connectivity index (χ3v) is 2.44. The van der Waals surface area contributed by atoms with Crippen molar-refractivity contribution in [2.45, 2.75) is 13.8 Å². The number of carbonyl (C=O) groups excluding carboxylic acids is 2. The van der Waals surface area contributed by atoms with E-state index in [4.69, 9.17) is 9.15 Å². The first kappa shape index (κ1) is 12.9. The molecule has 0 saturated carbocycles. The molecule has 0 fully saturated rings. The Hall–Kier alpha value is -2.57. The normalized spacial score (nSPS) is 10.2. The van der Waals surface area contributed by atoms with Gasteiger partial charge in [-0.3, -0.25) is 9.89 Å². The zero-order valence-electron chi connectivity index (χ0n) is 10.5. The average Bonchev–Trinajstić information content (AvgIpc) is 2.99. The van der Waals surface area contributed by atoms with Gasteiger partial charge in [-0.05, 0) is 19.9 Å². The molecule has 7 nitrogen and oxygen atoms in total. The van der Waals surface area contributed by atoms with E-state index in [1.165, 1.54) is 18.6 Å². The van der Waals surface area contributed by atoms with E-state index in [0.717, 1.165) is 0 Å². The number of amides is 1. The first-order chi connectivity index (χ1) is 9.13. The number of nitrogens with one attached hydrogen (secondary N) is 2. The van der Waals surface area contributed by atoms with Gasteiger partial charge in [0, 0.05) is 5.69 Å².